The van der Waals surface area contributed by atoms with Crippen molar-refractivity contribution in [3.05, 3.63) is 53.4 Å². The Morgan fingerprint density at radius 3 is 2.31 bits per heavy atom. The minimum absolute atomic E-state index is 0.0367. The van der Waals surface area contributed by atoms with Gasteiger partial charge in [-0.05, 0) is 28.7 Å². The molecule has 0 aliphatic carbocycles. The van der Waals surface area contributed by atoms with Crippen LogP contribution in [-0.4, -0.2) is 17.2 Å². The van der Waals surface area contributed by atoms with Crippen molar-refractivity contribution >= 4 is 24.2 Å². The highest BCUT2D eigenvalue weighted by Gasteiger charge is 2.12. The molecular weight excluding hydrogens is 222 g/mol. The summed E-state index contributed by atoms with van der Waals surface area (Å²) in [6.07, 6.45) is 0. The molecule has 0 saturated carbocycles. The lowest BCUT2D eigenvalue weighted by atomic mass is 9.79. The van der Waals surface area contributed by atoms with Crippen LogP contribution in [0.1, 0.15) is 6.85 Å². The van der Waals surface area contributed by atoms with E-state index >= 15 is 0 Å². The second-order valence-electron chi connectivity index (χ2n) is 3.15. The van der Waals surface area contributed by atoms with E-state index in [-0.39, 0.29) is 33.7 Å². The maximum Gasteiger partial charge on any atom is 0.488 e. The highest BCUT2D eigenvalue weighted by Crippen LogP contribution is 2.21. The highest BCUT2D eigenvalue weighted by atomic mass is 35.5. The topological polar surface area (TPSA) is 40.5 Å². The molecule has 0 radical (unpaired) electrons. The van der Waals surface area contributed by atoms with Crippen LogP contribution in [0.25, 0.3) is 11.1 Å². The van der Waals surface area contributed by atoms with Gasteiger partial charge in [-0.3, -0.25) is 0 Å². The number of benzene rings is 2. The molecule has 80 valence electrons. The monoisotopic (exact) mass is 237 g/mol. The second kappa shape index (κ2) is 4.70. The van der Waals surface area contributed by atoms with Gasteiger partial charge in [-0.15, -0.1) is 0 Å². The van der Waals surface area contributed by atoms with Crippen molar-refractivity contribution in [2.45, 2.75) is 0 Å². The molecule has 2 N–H and O–H groups in total. The van der Waals surface area contributed by atoms with E-state index in [2.05, 4.69) is 0 Å². The molecule has 2 aromatic carbocycles. The van der Waals surface area contributed by atoms with Gasteiger partial charge in [-0.1, -0.05) is 47.9 Å². The molecule has 2 rings (SSSR count). The Hall–Kier alpha value is -1.29. The van der Waals surface area contributed by atoms with Gasteiger partial charge in [-0.25, -0.2) is 0 Å². The van der Waals surface area contributed by atoms with Crippen LogP contribution in [-0.2, 0) is 0 Å². The minimum atomic E-state index is -1.77. The third-order valence-electron chi connectivity index (χ3n) is 2.01. The van der Waals surface area contributed by atoms with Gasteiger partial charge in [0.05, 0.1) is 6.85 Å². The zero-order valence-corrected chi connectivity index (χ0v) is 8.84. The summed E-state index contributed by atoms with van der Waals surface area (Å²) in [6.45, 7) is 0. The molecule has 2 nitrogen and oxygen atoms in total. The van der Waals surface area contributed by atoms with E-state index in [4.69, 9.17) is 18.5 Å². The van der Waals surface area contributed by atoms with E-state index in [1.807, 2.05) is 0 Å². The molecule has 0 atom stereocenters. The van der Waals surface area contributed by atoms with Crippen molar-refractivity contribution in [2.75, 3.05) is 0 Å². The smallest absolute Gasteiger partial charge is 0.423 e. The van der Waals surface area contributed by atoms with Gasteiger partial charge in [0, 0.05) is 5.02 Å². The van der Waals surface area contributed by atoms with E-state index in [1.165, 1.54) is 18.2 Å². The molecule has 0 aromatic heterocycles. The van der Waals surface area contributed by atoms with Crippen molar-refractivity contribution in [3.8, 4) is 11.1 Å². The molecule has 0 spiro atoms. The van der Waals surface area contributed by atoms with Crippen molar-refractivity contribution in [3.63, 3.8) is 0 Å². The van der Waals surface area contributed by atoms with Gasteiger partial charge in [0.1, 0.15) is 0 Å². The van der Waals surface area contributed by atoms with Crippen LogP contribution in [0.3, 0.4) is 0 Å². The Balaban J connectivity index is 2.79. The summed E-state index contributed by atoms with van der Waals surface area (Å²) < 4.78 is 38.6. The van der Waals surface area contributed by atoms with Gasteiger partial charge >= 0.3 is 7.12 Å². The van der Waals surface area contributed by atoms with Crippen LogP contribution in [0.15, 0.2) is 48.4 Å². The molecular formula is C12H10BClO2. The maximum atomic E-state index is 9.21. The van der Waals surface area contributed by atoms with Gasteiger partial charge in [0.2, 0.25) is 0 Å². The first kappa shape index (κ1) is 6.45. The Morgan fingerprint density at radius 1 is 1.00 bits per heavy atom. The normalized spacial score (nSPS) is 14.6. The molecule has 0 unspecified atom stereocenters. The first-order valence-electron chi connectivity index (χ1n) is 6.98. The van der Waals surface area contributed by atoms with E-state index in [0.29, 0.717) is 0 Å². The zero-order valence-electron chi connectivity index (χ0n) is 13.1. The van der Waals surface area contributed by atoms with E-state index in [1.54, 1.807) is 0 Å². The Bertz CT molecular complexity index is 694. The van der Waals surface area contributed by atoms with Gasteiger partial charge < -0.3 is 10.0 Å². The SMILES string of the molecule is [2H]c1c([2H])c([2H])c(-c2cc(Cl)cc(B(O)O)c2)c([2H])c1[2H]. The summed E-state index contributed by atoms with van der Waals surface area (Å²) >= 11 is 5.88. The lowest BCUT2D eigenvalue weighted by molar-refractivity contribution is 0.426. The average Bonchev–Trinajstić information content (AvgIpc) is 2.42. The van der Waals surface area contributed by atoms with Crippen molar-refractivity contribution < 1.29 is 16.9 Å². The molecule has 0 heterocycles. The van der Waals surface area contributed by atoms with Crippen LogP contribution in [0.2, 0.25) is 5.02 Å². The fourth-order valence-electron chi connectivity index (χ4n) is 1.30. The quantitative estimate of drug-likeness (QED) is 0.781. The van der Waals surface area contributed by atoms with E-state index in [0.717, 1.165) is 0 Å². The Labute approximate surface area is 106 Å². The fraction of sp³-hybridized carbons (Fsp3) is 0. The predicted molar refractivity (Wildman–Crippen MR) is 66.7 cm³/mol. The van der Waals surface area contributed by atoms with Crippen molar-refractivity contribution in [1.29, 1.82) is 0 Å². The van der Waals surface area contributed by atoms with Crippen LogP contribution in [0.5, 0.6) is 0 Å². The molecule has 0 bridgehead atoms. The van der Waals surface area contributed by atoms with Crippen LogP contribution in [0, 0.1) is 0 Å². The second-order valence-corrected chi connectivity index (χ2v) is 3.58. The van der Waals surface area contributed by atoms with Crippen LogP contribution >= 0.6 is 11.6 Å². The fourth-order valence-corrected chi connectivity index (χ4v) is 1.54. The summed E-state index contributed by atoms with van der Waals surface area (Å²) in [7, 11) is -1.77. The van der Waals surface area contributed by atoms with Gasteiger partial charge in [-0.2, -0.15) is 0 Å². The molecule has 0 saturated heterocycles. The molecule has 0 aliphatic rings. The third kappa shape index (κ3) is 2.45. The van der Waals surface area contributed by atoms with Crippen LogP contribution in [0.4, 0.5) is 0 Å². The first-order valence-corrected chi connectivity index (χ1v) is 4.85. The Kier molecular flexibility index (Phi) is 1.90. The number of rotatable bonds is 2. The molecule has 2 aromatic rings. The third-order valence-corrected chi connectivity index (χ3v) is 2.23. The van der Waals surface area contributed by atoms with Gasteiger partial charge in [0.15, 0.2) is 0 Å². The van der Waals surface area contributed by atoms with Crippen molar-refractivity contribution in [1.82, 2.24) is 0 Å². The minimum Gasteiger partial charge on any atom is -0.423 e. The summed E-state index contributed by atoms with van der Waals surface area (Å²) in [4.78, 5) is 0. The van der Waals surface area contributed by atoms with Crippen molar-refractivity contribution in [2.24, 2.45) is 0 Å². The summed E-state index contributed by atoms with van der Waals surface area (Å²) in [5, 5.41) is 18.6. The lowest BCUT2D eigenvalue weighted by Crippen LogP contribution is -2.29. The summed E-state index contributed by atoms with van der Waals surface area (Å²) in [5.41, 5.74) is 0.261. The van der Waals surface area contributed by atoms with Crippen LogP contribution < -0.4 is 5.46 Å². The average molecular weight is 238 g/mol. The van der Waals surface area contributed by atoms with E-state index in [9.17, 15) is 10.0 Å². The van der Waals surface area contributed by atoms with E-state index < -0.39 is 25.2 Å². The number of hydrogen-bond acceptors (Lipinski definition) is 2. The summed E-state index contributed by atoms with van der Waals surface area (Å²) in [5.74, 6) is 0. The molecule has 0 fully saturated rings. The molecule has 16 heavy (non-hydrogen) atoms. The molecule has 0 amide bonds. The highest BCUT2D eigenvalue weighted by molar-refractivity contribution is 6.59. The van der Waals surface area contributed by atoms with Gasteiger partial charge in [0.25, 0.3) is 0 Å². The maximum absolute atomic E-state index is 9.21. The summed E-state index contributed by atoms with van der Waals surface area (Å²) in [6, 6.07) is 1.90. The lowest BCUT2D eigenvalue weighted by Gasteiger charge is -2.06. The number of halogens is 1. The zero-order chi connectivity index (χ0) is 15.9. The number of hydrogen-bond donors (Lipinski definition) is 2. The first-order chi connectivity index (χ1) is 9.73. The molecule has 4 heteroatoms. The predicted octanol–water partition coefficient (Wildman–Crippen LogP) is 1.69. The largest absolute Gasteiger partial charge is 0.488 e. The standard InChI is InChI=1S/C12H10BClO2/c14-12-7-10(6-11(8-12)13(15)16)9-4-2-1-3-5-9/h1-8,15-16H/i1D,2D,3D,4D,5D. The Morgan fingerprint density at radius 2 is 1.69 bits per heavy atom. The molecule has 0 aliphatic heterocycles.